The van der Waals surface area contributed by atoms with Crippen LogP contribution in [0, 0.1) is 47.3 Å². The highest BCUT2D eigenvalue weighted by Gasteiger charge is 2.44. The van der Waals surface area contributed by atoms with Gasteiger partial charge in [0.15, 0.2) is 29.2 Å². The number of aliphatic hydroxyl groups excluding tert-OH is 4. The van der Waals surface area contributed by atoms with Crippen molar-refractivity contribution < 1.29 is 50.1 Å². The molecule has 14 heteroatoms. The molecule has 1 saturated carbocycles. The first-order valence-electron chi connectivity index (χ1n) is 31.2. The van der Waals surface area contributed by atoms with Crippen LogP contribution < -0.4 is 20.7 Å². The fourth-order valence-corrected chi connectivity index (χ4v) is 14.1. The van der Waals surface area contributed by atoms with E-state index < -0.39 is 47.6 Å². The topological polar surface area (TPSA) is 237 Å². The number of anilines is 1. The molecule has 0 saturated heterocycles. The molecule has 1 fully saturated rings. The van der Waals surface area contributed by atoms with Crippen molar-refractivity contribution in [2.75, 3.05) is 38.7 Å². The highest BCUT2D eigenvalue weighted by molar-refractivity contribution is 6.06. The number of nitrogens with one attached hydrogen (secondary N) is 4. The lowest BCUT2D eigenvalue weighted by molar-refractivity contribution is -0.142. The minimum Gasteiger partial charge on any atom is -0.508 e. The molecule has 3 heterocycles. The van der Waals surface area contributed by atoms with Crippen LogP contribution in [0.15, 0.2) is 127 Å². The number of methoxy groups -OCH3 is 1. The van der Waals surface area contributed by atoms with E-state index >= 15 is 4.79 Å². The third kappa shape index (κ3) is 14.9. The molecule has 86 heavy (non-hydrogen) atoms. The maximum absolute atomic E-state index is 15.3. The molecular formula is C72H86N4O10. The van der Waals surface area contributed by atoms with Gasteiger partial charge in [0, 0.05) is 80.3 Å². The van der Waals surface area contributed by atoms with Crippen molar-refractivity contribution in [3.05, 3.63) is 171 Å². The van der Waals surface area contributed by atoms with E-state index in [4.69, 9.17) is 4.74 Å². The van der Waals surface area contributed by atoms with E-state index in [1.54, 1.807) is 24.3 Å². The minimum atomic E-state index is -1.89. The average molecular weight is 1170 g/mol. The number of aromatic hydroxyl groups is 3. The number of hydrogen-bond acceptors (Lipinski definition) is 13. The number of dihydropyridines is 1. The summed E-state index contributed by atoms with van der Waals surface area (Å²) in [5.74, 6) is 5.03. The zero-order chi connectivity index (χ0) is 60.4. The Balaban J connectivity index is 1.05. The van der Waals surface area contributed by atoms with Gasteiger partial charge in [-0.1, -0.05) is 92.8 Å². The molecule has 5 aromatic carbocycles. The largest absolute Gasteiger partial charge is 0.508 e. The number of rotatable bonds is 11. The van der Waals surface area contributed by atoms with Crippen LogP contribution in [0.3, 0.4) is 0 Å². The van der Waals surface area contributed by atoms with Crippen LogP contribution in [0.25, 0.3) is 10.8 Å². The summed E-state index contributed by atoms with van der Waals surface area (Å²) in [6.07, 6.45) is 9.70. The fourth-order valence-electron chi connectivity index (χ4n) is 14.1. The number of hydrogen-bond donors (Lipinski definition) is 11. The third-order valence-corrected chi connectivity index (χ3v) is 18.8. The number of phenols is 3. The number of aryl methyl sites for hydroxylation is 3. The fraction of sp³-hybridized carbons (Fsp3) is 0.444. The molecule has 11 unspecified atom stereocenters. The molecule has 2 aliphatic heterocycles. The van der Waals surface area contributed by atoms with E-state index in [-0.39, 0.29) is 78.5 Å². The number of fused-ring (bicyclic) bond motifs is 9. The van der Waals surface area contributed by atoms with E-state index in [1.807, 2.05) is 60.8 Å². The van der Waals surface area contributed by atoms with Crippen molar-refractivity contribution in [1.82, 2.24) is 15.6 Å². The normalized spacial score (nSPS) is 25.4. The molecule has 11 N–H and O–H groups in total. The minimum absolute atomic E-state index is 0.00925. The number of H-pyrrole nitrogens is 1. The molecule has 6 aromatic rings. The number of Topliss-reactive ketones (excluding diaryl/α,β-unsaturated/α-hetero) is 2. The van der Waals surface area contributed by atoms with Crippen molar-refractivity contribution in [3.8, 4) is 34.8 Å². The van der Waals surface area contributed by atoms with Crippen molar-refractivity contribution >= 4 is 28.0 Å². The highest BCUT2D eigenvalue weighted by Crippen LogP contribution is 2.46. The zero-order valence-electron chi connectivity index (χ0n) is 49.9. The van der Waals surface area contributed by atoms with Crippen molar-refractivity contribution in [2.24, 2.45) is 35.5 Å². The number of phenolic OH excluding ortho intramolecular Hbond substituents is 3. The lowest BCUT2D eigenvalue weighted by Gasteiger charge is -2.33. The smallest absolute Gasteiger partial charge is 0.173 e. The summed E-state index contributed by atoms with van der Waals surface area (Å²) in [4.78, 5) is 33.2. The van der Waals surface area contributed by atoms with Gasteiger partial charge in [-0.15, -0.1) is 0 Å². The molecule has 9 bridgehead atoms. The second-order valence-electron chi connectivity index (χ2n) is 24.9. The van der Waals surface area contributed by atoms with Gasteiger partial charge in [0.05, 0.1) is 25.2 Å². The van der Waals surface area contributed by atoms with Crippen LogP contribution in [-0.2, 0) is 41.7 Å². The summed E-state index contributed by atoms with van der Waals surface area (Å²) < 4.78 is 5.63. The Morgan fingerprint density at radius 2 is 1.63 bits per heavy atom. The monoisotopic (exact) mass is 1170 g/mol. The number of β-amino-alcohol motifs (C(OH)–C–C–N with tert-alkyl or cyclic N) is 1. The second kappa shape index (κ2) is 28.4. The number of ether oxygens (including phenoxy) is 1. The van der Waals surface area contributed by atoms with E-state index in [9.17, 15) is 40.5 Å². The standard InChI is InChI=1S/C72H86N4O10/c1-4-8-60-53-29-47(27-46-25-26-74-69(31-46)76-55-22-19-49-17-18-52(70(83)64(49)36-55)33-58(79)41-73-39-43(2)54-32-56(75-40-54)37-66(60)81)28-50-20-23-61(59-12-6-5-10-48(59)16-15-45(42-77)14-13-44-9-7-11-57(78)30-44)62-38-67(82)68(86-3)35-51(62)21-24-65(80)72(85)71(84)63(50)34-53/h5-7,9-12,17-19,22,25,30-32,35-36,38,40,43,45,47,50,53,58,60-61,63,66,72-79,81-83,85H,4,8,13-16,21,24,26-29,33-34,37,39,41-42H2,1-3H3. The molecule has 2 aliphatic carbocycles. The van der Waals surface area contributed by atoms with Crippen molar-refractivity contribution in [1.29, 1.82) is 0 Å². The van der Waals surface area contributed by atoms with Gasteiger partial charge in [0.2, 0.25) is 0 Å². The Labute approximate surface area is 505 Å². The second-order valence-corrected chi connectivity index (χ2v) is 24.9. The SMILES string of the molecule is CCCC1C(O)Cc2cc(c[nH]2)C(C)CNCC(O)Cc2ccc3ccc(cc3c2O)NC2=CC(=CCN2)CC2CC3C#CC(c4ccccc4CCC(CO)CCc4cccc(O)c4)c4cc(O)c(OC)cc4CCC(=O)C(O)C(=O)C3CC1C2. The molecule has 0 amide bonds. The van der Waals surface area contributed by atoms with Crippen LogP contribution in [-0.4, -0.2) is 104 Å². The Morgan fingerprint density at radius 3 is 2.44 bits per heavy atom. The average Bonchev–Trinajstić information content (AvgIpc) is 1.80. The number of aliphatic hydroxyl groups is 4. The number of allylic oxidation sites excluding steroid dienone is 2. The predicted molar refractivity (Wildman–Crippen MR) is 336 cm³/mol. The van der Waals surface area contributed by atoms with Crippen LogP contribution in [0.5, 0.6) is 23.0 Å². The van der Waals surface area contributed by atoms with Gasteiger partial charge < -0.3 is 61.4 Å². The van der Waals surface area contributed by atoms with Crippen LogP contribution >= 0.6 is 0 Å². The first-order valence-corrected chi connectivity index (χ1v) is 31.2. The lowest BCUT2D eigenvalue weighted by atomic mass is 9.73. The van der Waals surface area contributed by atoms with Crippen LogP contribution in [0.1, 0.15) is 128 Å². The Morgan fingerprint density at radius 1 is 0.802 bits per heavy atom. The molecular weight excluding hydrogens is 1080 g/mol. The van der Waals surface area contributed by atoms with Crippen molar-refractivity contribution in [3.63, 3.8) is 0 Å². The summed E-state index contributed by atoms with van der Waals surface area (Å²) in [6, 6.07) is 30.5. The quantitative estimate of drug-likeness (QED) is 0.0428. The number of carbonyl (C=O) groups is 2. The van der Waals surface area contributed by atoms with Gasteiger partial charge >= 0.3 is 0 Å². The number of aromatic nitrogens is 1. The van der Waals surface area contributed by atoms with E-state index in [0.29, 0.717) is 106 Å². The summed E-state index contributed by atoms with van der Waals surface area (Å²) >= 11 is 0. The summed E-state index contributed by atoms with van der Waals surface area (Å²) in [7, 11) is 1.47. The van der Waals surface area contributed by atoms with E-state index in [0.717, 1.165) is 56.8 Å². The Kier molecular flexibility index (Phi) is 20.4. The Bertz CT molecular complexity index is 3480. The molecule has 4 aliphatic rings. The number of ketones is 2. The van der Waals surface area contributed by atoms with Gasteiger partial charge in [-0.3, -0.25) is 9.59 Å². The maximum Gasteiger partial charge on any atom is 0.173 e. The molecule has 10 rings (SSSR count). The molecule has 0 radical (unpaired) electrons. The molecule has 454 valence electrons. The number of carbonyl (C=O) groups excluding carboxylic acids is 2. The molecule has 11 atom stereocenters. The van der Waals surface area contributed by atoms with Crippen LogP contribution in [0.2, 0.25) is 0 Å². The maximum atomic E-state index is 15.3. The Hall–Kier alpha value is -7.38. The van der Waals surface area contributed by atoms with E-state index in [2.05, 4.69) is 77.0 Å². The predicted octanol–water partition coefficient (Wildman–Crippen LogP) is 10.2. The van der Waals surface area contributed by atoms with E-state index in [1.165, 1.54) is 7.11 Å². The van der Waals surface area contributed by atoms with Crippen LogP contribution in [0.4, 0.5) is 5.69 Å². The van der Waals surface area contributed by atoms with Crippen molar-refractivity contribution in [2.45, 2.75) is 134 Å². The molecule has 1 aromatic heterocycles. The first-order chi connectivity index (χ1) is 41.6. The summed E-state index contributed by atoms with van der Waals surface area (Å²) in [6.45, 7) is 5.69. The molecule has 14 nitrogen and oxygen atoms in total. The lowest BCUT2D eigenvalue weighted by Crippen LogP contribution is -2.40. The first kappa shape index (κ1) is 61.7. The zero-order valence-corrected chi connectivity index (χ0v) is 49.9. The highest BCUT2D eigenvalue weighted by atomic mass is 16.5. The number of benzene rings is 5. The van der Waals surface area contributed by atoms with Gasteiger partial charge in [0.25, 0.3) is 0 Å². The molecule has 0 spiro atoms. The van der Waals surface area contributed by atoms with Gasteiger partial charge in [0.1, 0.15) is 17.3 Å². The van der Waals surface area contributed by atoms with Gasteiger partial charge in [-0.25, -0.2) is 0 Å². The summed E-state index contributed by atoms with van der Waals surface area (Å²) in [5.41, 5.74) is 8.75. The third-order valence-electron chi connectivity index (χ3n) is 18.8. The number of aromatic amines is 1. The summed E-state index contributed by atoms with van der Waals surface area (Å²) in [5, 5.41) is 91.9. The van der Waals surface area contributed by atoms with Gasteiger partial charge in [-0.2, -0.15) is 0 Å². The van der Waals surface area contributed by atoms with Gasteiger partial charge in [-0.05, 0) is 192 Å².